The maximum Gasteiger partial charge on any atom is -0.00465 e. The van der Waals surface area contributed by atoms with E-state index in [1.807, 2.05) is 0 Å². The molecule has 1 N–H and O–H groups in total. The van der Waals surface area contributed by atoms with Crippen LogP contribution in [0.5, 0.6) is 0 Å². The van der Waals surface area contributed by atoms with Crippen molar-refractivity contribution < 1.29 is 0 Å². The predicted octanol–water partition coefficient (Wildman–Crippen LogP) is 4.82. The molecule has 0 aliphatic carbocycles. The summed E-state index contributed by atoms with van der Waals surface area (Å²) in [6, 6.07) is 10.8. The number of aryl methyl sites for hydroxylation is 1. The highest BCUT2D eigenvalue weighted by atomic mass is 14.8. The van der Waals surface area contributed by atoms with E-state index in [1.54, 1.807) is 0 Å². The molecule has 1 nitrogen and oxygen atoms in total. The van der Waals surface area contributed by atoms with E-state index >= 15 is 0 Å². The highest BCUT2D eigenvalue weighted by Gasteiger charge is 1.95. The monoisotopic (exact) mass is 261 g/mol. The van der Waals surface area contributed by atoms with E-state index in [2.05, 4.69) is 49.5 Å². The lowest BCUT2D eigenvalue weighted by atomic mass is 10.1. The van der Waals surface area contributed by atoms with Gasteiger partial charge in [0.2, 0.25) is 0 Å². The molecule has 108 valence electrons. The topological polar surface area (TPSA) is 12.0 Å². The maximum absolute atomic E-state index is 3.53. The van der Waals surface area contributed by atoms with Crippen LogP contribution in [0.4, 0.5) is 0 Å². The Morgan fingerprint density at radius 2 is 1.53 bits per heavy atom. The van der Waals surface area contributed by atoms with Crippen molar-refractivity contribution in [2.45, 2.75) is 58.8 Å². The number of hydrogen-bond donors (Lipinski definition) is 1. The van der Waals surface area contributed by atoms with Crippen molar-refractivity contribution >= 4 is 0 Å². The van der Waals surface area contributed by atoms with Gasteiger partial charge < -0.3 is 5.32 Å². The van der Waals surface area contributed by atoms with E-state index in [0.717, 1.165) is 5.92 Å². The molecule has 1 rings (SSSR count). The van der Waals surface area contributed by atoms with Gasteiger partial charge in [-0.2, -0.15) is 0 Å². The predicted molar refractivity (Wildman–Crippen MR) is 85.6 cm³/mol. The Morgan fingerprint density at radius 3 is 2.26 bits per heavy atom. The molecule has 19 heavy (non-hydrogen) atoms. The third kappa shape index (κ3) is 9.72. The van der Waals surface area contributed by atoms with Crippen LogP contribution in [0, 0.1) is 5.92 Å². The first-order valence-corrected chi connectivity index (χ1v) is 8.03. The van der Waals surface area contributed by atoms with E-state index < -0.39 is 0 Å². The Balaban J connectivity index is 1.81. The summed E-state index contributed by atoms with van der Waals surface area (Å²) < 4.78 is 0. The van der Waals surface area contributed by atoms with Crippen molar-refractivity contribution in [3.05, 3.63) is 35.9 Å². The Hall–Kier alpha value is -0.820. The fourth-order valence-electron chi connectivity index (χ4n) is 2.27. The lowest BCUT2D eigenvalue weighted by Crippen LogP contribution is -2.17. The van der Waals surface area contributed by atoms with Crippen molar-refractivity contribution in [1.82, 2.24) is 5.32 Å². The van der Waals surface area contributed by atoms with Gasteiger partial charge in [-0.25, -0.2) is 0 Å². The summed E-state index contributed by atoms with van der Waals surface area (Å²) in [5, 5.41) is 3.53. The van der Waals surface area contributed by atoms with Crippen molar-refractivity contribution in [3.8, 4) is 0 Å². The average Bonchev–Trinajstić information content (AvgIpc) is 2.42. The van der Waals surface area contributed by atoms with Crippen molar-refractivity contribution in [2.75, 3.05) is 13.1 Å². The minimum absolute atomic E-state index is 0.825. The number of unbranched alkanes of at least 4 members (excludes halogenated alkanes) is 4. The van der Waals surface area contributed by atoms with Gasteiger partial charge in [-0.05, 0) is 50.3 Å². The molecule has 0 aliphatic rings. The molecule has 0 spiro atoms. The highest BCUT2D eigenvalue weighted by Crippen LogP contribution is 2.08. The van der Waals surface area contributed by atoms with Gasteiger partial charge in [0.05, 0.1) is 0 Å². The summed E-state index contributed by atoms with van der Waals surface area (Å²) in [7, 11) is 0. The summed E-state index contributed by atoms with van der Waals surface area (Å²) >= 11 is 0. The van der Waals surface area contributed by atoms with Gasteiger partial charge in [-0.3, -0.25) is 0 Å². The zero-order valence-corrected chi connectivity index (χ0v) is 12.8. The van der Waals surface area contributed by atoms with Crippen LogP contribution in [-0.4, -0.2) is 13.1 Å². The summed E-state index contributed by atoms with van der Waals surface area (Å²) in [5.74, 6) is 0.825. The van der Waals surface area contributed by atoms with Gasteiger partial charge in [-0.1, -0.05) is 63.4 Å². The molecular formula is C18H31N. The molecule has 1 aromatic rings. The van der Waals surface area contributed by atoms with Gasteiger partial charge in [0.15, 0.2) is 0 Å². The van der Waals surface area contributed by atoms with Crippen molar-refractivity contribution in [2.24, 2.45) is 5.92 Å². The third-order valence-electron chi connectivity index (χ3n) is 3.56. The summed E-state index contributed by atoms with van der Waals surface area (Å²) in [4.78, 5) is 0. The van der Waals surface area contributed by atoms with Crippen LogP contribution < -0.4 is 5.32 Å². The molecule has 0 aliphatic heterocycles. The van der Waals surface area contributed by atoms with Crippen LogP contribution in [-0.2, 0) is 6.42 Å². The second kappa shape index (κ2) is 11.0. The van der Waals surface area contributed by atoms with E-state index in [0.29, 0.717) is 0 Å². The number of nitrogens with one attached hydrogen (secondary N) is 1. The standard InChI is InChI=1S/C18H31N/c1-17(2)14-16-19-15-10-5-3-4-7-11-18-12-8-6-9-13-18/h6,8-9,12-13,17,19H,3-5,7,10-11,14-16H2,1-2H3. The SMILES string of the molecule is CC(C)CCNCCCCCCCc1ccccc1. The second-order valence-electron chi connectivity index (χ2n) is 5.94. The molecule has 1 aromatic carbocycles. The van der Waals surface area contributed by atoms with Crippen molar-refractivity contribution in [1.29, 1.82) is 0 Å². The molecule has 0 aromatic heterocycles. The quantitative estimate of drug-likeness (QED) is 0.563. The molecule has 1 heteroatoms. The molecule has 0 heterocycles. The normalized spacial score (nSPS) is 11.1. The Labute approximate surface area is 119 Å². The molecule has 0 amide bonds. The number of rotatable bonds is 11. The first kappa shape index (κ1) is 16.2. The van der Waals surface area contributed by atoms with Crippen LogP contribution in [0.15, 0.2) is 30.3 Å². The number of benzene rings is 1. The molecule has 0 unspecified atom stereocenters. The Bertz CT molecular complexity index is 292. The smallest absolute Gasteiger partial charge is 0.00465 e. The minimum atomic E-state index is 0.825. The molecular weight excluding hydrogens is 230 g/mol. The zero-order valence-electron chi connectivity index (χ0n) is 12.8. The molecule has 0 saturated heterocycles. The van der Waals surface area contributed by atoms with Gasteiger partial charge in [0.1, 0.15) is 0 Å². The second-order valence-corrected chi connectivity index (χ2v) is 5.94. The summed E-state index contributed by atoms with van der Waals surface area (Å²) in [6.07, 6.45) is 9.36. The Kier molecular flexibility index (Phi) is 9.44. The van der Waals surface area contributed by atoms with Gasteiger partial charge >= 0.3 is 0 Å². The van der Waals surface area contributed by atoms with Gasteiger partial charge in [0.25, 0.3) is 0 Å². The summed E-state index contributed by atoms with van der Waals surface area (Å²) in [6.45, 7) is 6.96. The minimum Gasteiger partial charge on any atom is -0.317 e. The first-order valence-electron chi connectivity index (χ1n) is 8.03. The lowest BCUT2D eigenvalue weighted by Gasteiger charge is -2.06. The van der Waals surface area contributed by atoms with Crippen LogP contribution in [0.1, 0.15) is 57.9 Å². The summed E-state index contributed by atoms with van der Waals surface area (Å²) in [5.41, 5.74) is 1.48. The van der Waals surface area contributed by atoms with E-state index in [1.165, 1.54) is 63.6 Å². The van der Waals surface area contributed by atoms with Crippen LogP contribution in [0.3, 0.4) is 0 Å². The zero-order chi connectivity index (χ0) is 13.8. The maximum atomic E-state index is 3.53. The van der Waals surface area contributed by atoms with Gasteiger partial charge in [0, 0.05) is 0 Å². The van der Waals surface area contributed by atoms with E-state index in [9.17, 15) is 0 Å². The van der Waals surface area contributed by atoms with Crippen LogP contribution in [0.25, 0.3) is 0 Å². The molecule has 0 saturated carbocycles. The first-order chi connectivity index (χ1) is 9.29. The largest absolute Gasteiger partial charge is 0.317 e. The van der Waals surface area contributed by atoms with Crippen LogP contribution >= 0.6 is 0 Å². The number of hydrogen-bond acceptors (Lipinski definition) is 1. The van der Waals surface area contributed by atoms with Crippen LogP contribution in [0.2, 0.25) is 0 Å². The lowest BCUT2D eigenvalue weighted by molar-refractivity contribution is 0.519. The van der Waals surface area contributed by atoms with E-state index in [-0.39, 0.29) is 0 Å². The molecule has 0 radical (unpaired) electrons. The highest BCUT2D eigenvalue weighted by molar-refractivity contribution is 5.14. The molecule has 0 atom stereocenters. The molecule has 0 fully saturated rings. The molecule has 0 bridgehead atoms. The Morgan fingerprint density at radius 1 is 0.842 bits per heavy atom. The third-order valence-corrected chi connectivity index (χ3v) is 3.56. The van der Waals surface area contributed by atoms with Crippen molar-refractivity contribution in [3.63, 3.8) is 0 Å². The van der Waals surface area contributed by atoms with E-state index in [4.69, 9.17) is 0 Å². The fourth-order valence-corrected chi connectivity index (χ4v) is 2.27. The van der Waals surface area contributed by atoms with Gasteiger partial charge in [-0.15, -0.1) is 0 Å². The average molecular weight is 261 g/mol. The fraction of sp³-hybridized carbons (Fsp3) is 0.667.